The van der Waals surface area contributed by atoms with E-state index in [4.69, 9.17) is 10.5 Å². The number of likely N-dealkylation sites (tertiary alicyclic amines) is 1. The Morgan fingerprint density at radius 2 is 1.88 bits per heavy atom. The molecule has 126 valence electrons. The molecule has 0 spiro atoms. The summed E-state index contributed by atoms with van der Waals surface area (Å²) in [6.07, 6.45) is 1.74. The molecule has 1 fully saturated rings. The van der Waals surface area contributed by atoms with E-state index in [1.54, 1.807) is 0 Å². The van der Waals surface area contributed by atoms with Crippen LogP contribution in [0.1, 0.15) is 35.7 Å². The standard InChI is InChI=1S/C20H24N2O2/c1-15-13-18(21)11-12-22(15)20(23)17-9-7-16(8-10-17)14-24-19-5-3-2-4-6-19/h2-10,15,18H,11-14,21H2,1H3. The Labute approximate surface area is 143 Å². The summed E-state index contributed by atoms with van der Waals surface area (Å²) in [6, 6.07) is 17.8. The fourth-order valence-electron chi connectivity index (χ4n) is 3.10. The van der Waals surface area contributed by atoms with E-state index >= 15 is 0 Å². The fourth-order valence-corrected chi connectivity index (χ4v) is 3.10. The van der Waals surface area contributed by atoms with E-state index in [1.165, 1.54) is 0 Å². The number of hydrogen-bond donors (Lipinski definition) is 1. The first kappa shape index (κ1) is 16.5. The number of carbonyl (C=O) groups is 1. The maximum absolute atomic E-state index is 12.7. The molecular weight excluding hydrogens is 300 g/mol. The smallest absolute Gasteiger partial charge is 0.254 e. The number of hydrogen-bond acceptors (Lipinski definition) is 3. The third-order valence-corrected chi connectivity index (χ3v) is 4.53. The van der Waals surface area contributed by atoms with E-state index in [2.05, 4.69) is 6.92 Å². The summed E-state index contributed by atoms with van der Waals surface area (Å²) in [4.78, 5) is 14.6. The van der Waals surface area contributed by atoms with Gasteiger partial charge in [-0.1, -0.05) is 30.3 Å². The Hall–Kier alpha value is -2.33. The highest BCUT2D eigenvalue weighted by atomic mass is 16.5. The van der Waals surface area contributed by atoms with Crippen LogP contribution >= 0.6 is 0 Å². The van der Waals surface area contributed by atoms with Gasteiger partial charge in [-0.15, -0.1) is 0 Å². The van der Waals surface area contributed by atoms with Gasteiger partial charge in [-0.05, 0) is 49.6 Å². The molecule has 1 heterocycles. The molecule has 0 saturated carbocycles. The molecule has 4 heteroatoms. The SMILES string of the molecule is CC1CC(N)CCN1C(=O)c1ccc(COc2ccccc2)cc1. The average molecular weight is 324 g/mol. The molecule has 0 aromatic heterocycles. The fraction of sp³-hybridized carbons (Fsp3) is 0.350. The molecular formula is C20H24N2O2. The van der Waals surface area contributed by atoms with Gasteiger partial charge in [-0.3, -0.25) is 4.79 Å². The van der Waals surface area contributed by atoms with Gasteiger partial charge in [-0.2, -0.15) is 0 Å². The highest BCUT2D eigenvalue weighted by Crippen LogP contribution is 2.19. The number of benzene rings is 2. The van der Waals surface area contributed by atoms with Crippen molar-refractivity contribution in [2.24, 2.45) is 5.73 Å². The maximum Gasteiger partial charge on any atom is 0.254 e. The minimum Gasteiger partial charge on any atom is -0.489 e. The molecule has 2 aromatic carbocycles. The number of ether oxygens (including phenoxy) is 1. The van der Waals surface area contributed by atoms with Crippen molar-refractivity contribution >= 4 is 5.91 Å². The van der Waals surface area contributed by atoms with Gasteiger partial charge in [-0.25, -0.2) is 0 Å². The first-order valence-corrected chi connectivity index (χ1v) is 8.47. The van der Waals surface area contributed by atoms with Crippen molar-refractivity contribution in [3.8, 4) is 5.75 Å². The van der Waals surface area contributed by atoms with Gasteiger partial charge in [0.05, 0.1) is 0 Å². The highest BCUT2D eigenvalue weighted by Gasteiger charge is 2.27. The van der Waals surface area contributed by atoms with Gasteiger partial charge in [0, 0.05) is 24.2 Å². The van der Waals surface area contributed by atoms with E-state index in [9.17, 15) is 4.79 Å². The predicted octanol–water partition coefficient (Wildman–Crippen LogP) is 3.22. The second-order valence-corrected chi connectivity index (χ2v) is 6.43. The second-order valence-electron chi connectivity index (χ2n) is 6.43. The molecule has 1 aliphatic heterocycles. The highest BCUT2D eigenvalue weighted by molar-refractivity contribution is 5.94. The van der Waals surface area contributed by atoms with Gasteiger partial charge >= 0.3 is 0 Å². The van der Waals surface area contributed by atoms with Crippen LogP contribution in [0.3, 0.4) is 0 Å². The molecule has 3 rings (SSSR count). The van der Waals surface area contributed by atoms with Gasteiger partial charge in [0.25, 0.3) is 5.91 Å². The van der Waals surface area contributed by atoms with Crippen molar-refractivity contribution in [1.82, 2.24) is 4.90 Å². The molecule has 1 amide bonds. The van der Waals surface area contributed by atoms with Crippen LogP contribution in [0.25, 0.3) is 0 Å². The number of carbonyl (C=O) groups excluding carboxylic acids is 1. The monoisotopic (exact) mass is 324 g/mol. The molecule has 1 saturated heterocycles. The third-order valence-electron chi connectivity index (χ3n) is 4.53. The van der Waals surface area contributed by atoms with E-state index in [1.807, 2.05) is 59.5 Å². The zero-order valence-corrected chi connectivity index (χ0v) is 14.0. The van der Waals surface area contributed by atoms with Gasteiger partial charge in [0.1, 0.15) is 12.4 Å². The lowest BCUT2D eigenvalue weighted by atomic mass is 9.98. The molecule has 0 bridgehead atoms. The van der Waals surface area contributed by atoms with Gasteiger partial charge in [0.2, 0.25) is 0 Å². The van der Waals surface area contributed by atoms with Crippen molar-refractivity contribution in [1.29, 1.82) is 0 Å². The van der Waals surface area contributed by atoms with E-state index in [0.29, 0.717) is 6.61 Å². The number of piperidine rings is 1. The second kappa shape index (κ2) is 7.49. The summed E-state index contributed by atoms with van der Waals surface area (Å²) in [5.41, 5.74) is 7.74. The summed E-state index contributed by atoms with van der Waals surface area (Å²) in [5.74, 6) is 0.932. The molecule has 4 nitrogen and oxygen atoms in total. The Balaban J connectivity index is 1.60. The van der Waals surface area contributed by atoms with Crippen LogP contribution in [-0.2, 0) is 6.61 Å². The average Bonchev–Trinajstić information content (AvgIpc) is 2.61. The summed E-state index contributed by atoms with van der Waals surface area (Å²) in [6.45, 7) is 3.30. The lowest BCUT2D eigenvalue weighted by molar-refractivity contribution is 0.0619. The Morgan fingerprint density at radius 1 is 1.17 bits per heavy atom. The summed E-state index contributed by atoms with van der Waals surface area (Å²) >= 11 is 0. The normalized spacial score (nSPS) is 20.7. The first-order valence-electron chi connectivity index (χ1n) is 8.47. The third kappa shape index (κ3) is 3.95. The van der Waals surface area contributed by atoms with Crippen LogP contribution in [0.5, 0.6) is 5.75 Å². The molecule has 24 heavy (non-hydrogen) atoms. The number of nitrogens with two attached hydrogens (primary N) is 1. The Morgan fingerprint density at radius 3 is 2.54 bits per heavy atom. The van der Waals surface area contributed by atoms with Gasteiger partial charge < -0.3 is 15.4 Å². The van der Waals surface area contributed by atoms with Crippen molar-refractivity contribution in [3.63, 3.8) is 0 Å². The minimum atomic E-state index is 0.0879. The number of para-hydroxylation sites is 1. The summed E-state index contributed by atoms with van der Waals surface area (Å²) in [7, 11) is 0. The molecule has 2 N–H and O–H groups in total. The van der Waals surface area contributed by atoms with E-state index in [0.717, 1.165) is 36.3 Å². The van der Waals surface area contributed by atoms with Crippen molar-refractivity contribution in [2.75, 3.05) is 6.54 Å². The maximum atomic E-state index is 12.7. The number of rotatable bonds is 4. The quantitative estimate of drug-likeness (QED) is 0.939. The Bertz CT molecular complexity index is 670. The number of amides is 1. The molecule has 2 aromatic rings. The van der Waals surface area contributed by atoms with Crippen LogP contribution in [0.4, 0.5) is 0 Å². The predicted molar refractivity (Wildman–Crippen MR) is 94.9 cm³/mol. The van der Waals surface area contributed by atoms with Crippen LogP contribution in [0.15, 0.2) is 54.6 Å². The zero-order valence-electron chi connectivity index (χ0n) is 14.0. The van der Waals surface area contributed by atoms with Gasteiger partial charge in [0.15, 0.2) is 0 Å². The zero-order chi connectivity index (χ0) is 16.9. The van der Waals surface area contributed by atoms with E-state index < -0.39 is 0 Å². The van der Waals surface area contributed by atoms with Crippen molar-refractivity contribution in [2.45, 2.75) is 38.5 Å². The van der Waals surface area contributed by atoms with Crippen molar-refractivity contribution < 1.29 is 9.53 Å². The number of nitrogens with zero attached hydrogens (tertiary/aromatic N) is 1. The van der Waals surface area contributed by atoms with Crippen LogP contribution in [-0.4, -0.2) is 29.4 Å². The summed E-state index contributed by atoms with van der Waals surface area (Å²) < 4.78 is 5.73. The Kier molecular flexibility index (Phi) is 5.16. The van der Waals surface area contributed by atoms with Crippen LogP contribution < -0.4 is 10.5 Å². The van der Waals surface area contributed by atoms with Crippen LogP contribution in [0.2, 0.25) is 0 Å². The summed E-state index contributed by atoms with van der Waals surface area (Å²) in [5, 5.41) is 0. The molecule has 0 aliphatic carbocycles. The lowest BCUT2D eigenvalue weighted by Gasteiger charge is -2.36. The van der Waals surface area contributed by atoms with Crippen LogP contribution in [0, 0.1) is 0 Å². The van der Waals surface area contributed by atoms with E-state index in [-0.39, 0.29) is 18.0 Å². The molecule has 2 atom stereocenters. The van der Waals surface area contributed by atoms with Crippen molar-refractivity contribution in [3.05, 3.63) is 65.7 Å². The lowest BCUT2D eigenvalue weighted by Crippen LogP contribution is -2.48. The topological polar surface area (TPSA) is 55.6 Å². The molecule has 2 unspecified atom stereocenters. The first-order chi connectivity index (χ1) is 11.6. The largest absolute Gasteiger partial charge is 0.489 e. The molecule has 0 radical (unpaired) electrons. The molecule has 1 aliphatic rings. The minimum absolute atomic E-state index is 0.0879.